The molecule has 108 valence electrons. The largest absolute Gasteiger partial charge is 0.346 e. The number of nitrogens with one attached hydrogen (secondary N) is 1. The summed E-state index contributed by atoms with van der Waals surface area (Å²) >= 11 is 0. The molecule has 0 atom stereocenters. The predicted molar refractivity (Wildman–Crippen MR) is 75.6 cm³/mol. The lowest BCUT2D eigenvalue weighted by Crippen LogP contribution is -2.21. The van der Waals surface area contributed by atoms with E-state index in [9.17, 15) is 8.42 Å². The van der Waals surface area contributed by atoms with Crippen molar-refractivity contribution in [1.29, 1.82) is 0 Å². The second kappa shape index (κ2) is 5.26. The molecule has 1 aromatic heterocycles. The normalized spacial score (nSPS) is 16.5. The first-order valence-electron chi connectivity index (χ1n) is 6.69. The van der Waals surface area contributed by atoms with Gasteiger partial charge in [-0.15, -0.1) is 0 Å². The zero-order valence-electron chi connectivity index (χ0n) is 12.0. The van der Waals surface area contributed by atoms with E-state index in [2.05, 4.69) is 19.2 Å². The lowest BCUT2D eigenvalue weighted by Gasteiger charge is -2.13. The molecule has 1 fully saturated rings. The van der Waals surface area contributed by atoms with Crippen molar-refractivity contribution in [3.8, 4) is 0 Å². The first kappa shape index (κ1) is 14.6. The van der Waals surface area contributed by atoms with Gasteiger partial charge in [0.1, 0.15) is 4.90 Å². The van der Waals surface area contributed by atoms with Crippen molar-refractivity contribution >= 4 is 10.0 Å². The van der Waals surface area contributed by atoms with E-state index in [1.54, 1.807) is 26.4 Å². The monoisotopic (exact) mass is 285 g/mol. The van der Waals surface area contributed by atoms with Crippen molar-refractivity contribution < 1.29 is 8.42 Å². The average Bonchev–Trinajstić information content (AvgIpc) is 3.03. The number of sulfonamides is 1. The Kier molecular flexibility index (Phi) is 4.03. The Labute approximate surface area is 115 Å². The first-order valence-corrected chi connectivity index (χ1v) is 8.13. The van der Waals surface area contributed by atoms with E-state index in [0.29, 0.717) is 10.9 Å². The lowest BCUT2D eigenvalue weighted by molar-refractivity contribution is 0.519. The van der Waals surface area contributed by atoms with Crippen LogP contribution in [0.4, 0.5) is 0 Å². The van der Waals surface area contributed by atoms with E-state index in [1.807, 2.05) is 4.57 Å². The van der Waals surface area contributed by atoms with Gasteiger partial charge in [-0.3, -0.25) is 0 Å². The van der Waals surface area contributed by atoms with Gasteiger partial charge in [-0.1, -0.05) is 0 Å². The maximum atomic E-state index is 12.2. The number of hydrogen-bond donors (Lipinski definition) is 1. The minimum Gasteiger partial charge on any atom is -0.346 e. The smallest absolute Gasteiger partial charge is 0.244 e. The molecule has 1 heterocycles. The first-order chi connectivity index (χ1) is 8.82. The Balaban J connectivity index is 2.28. The Bertz CT molecular complexity index is 542. The lowest BCUT2D eigenvalue weighted by atomic mass is 10.3. The van der Waals surface area contributed by atoms with Crippen LogP contribution < -0.4 is 5.32 Å². The van der Waals surface area contributed by atoms with E-state index < -0.39 is 10.0 Å². The van der Waals surface area contributed by atoms with Crippen LogP contribution in [0.2, 0.25) is 0 Å². The molecular formula is C13H23N3O2S. The molecule has 1 N–H and O–H groups in total. The van der Waals surface area contributed by atoms with E-state index in [-0.39, 0.29) is 6.04 Å². The van der Waals surface area contributed by atoms with Crippen molar-refractivity contribution in [3.05, 3.63) is 18.0 Å². The third-order valence-electron chi connectivity index (χ3n) is 3.39. The van der Waals surface area contributed by atoms with Gasteiger partial charge in [-0.25, -0.2) is 12.7 Å². The second-order valence-electron chi connectivity index (χ2n) is 5.61. The molecule has 0 aromatic carbocycles. The molecule has 1 aliphatic carbocycles. The summed E-state index contributed by atoms with van der Waals surface area (Å²) in [4.78, 5) is 0.374. The van der Waals surface area contributed by atoms with Gasteiger partial charge in [-0.2, -0.15) is 0 Å². The predicted octanol–water partition coefficient (Wildman–Crippen LogP) is 1.57. The maximum Gasteiger partial charge on any atom is 0.244 e. The molecule has 5 nitrogen and oxygen atoms in total. The van der Waals surface area contributed by atoms with Crippen molar-refractivity contribution in [2.45, 2.75) is 50.2 Å². The summed E-state index contributed by atoms with van der Waals surface area (Å²) in [6.45, 7) is 4.85. The van der Waals surface area contributed by atoms with Crippen LogP contribution in [-0.4, -0.2) is 37.4 Å². The van der Waals surface area contributed by atoms with Crippen molar-refractivity contribution in [2.75, 3.05) is 14.1 Å². The number of rotatable bonds is 6. The number of hydrogen-bond acceptors (Lipinski definition) is 3. The van der Waals surface area contributed by atoms with Gasteiger partial charge in [0.15, 0.2) is 0 Å². The third-order valence-corrected chi connectivity index (χ3v) is 5.17. The number of nitrogens with zero attached hydrogens (tertiary/aromatic N) is 2. The third kappa shape index (κ3) is 3.19. The molecule has 0 bridgehead atoms. The van der Waals surface area contributed by atoms with Gasteiger partial charge in [0.05, 0.1) is 0 Å². The minimum absolute atomic E-state index is 0.252. The molecule has 6 heteroatoms. The van der Waals surface area contributed by atoms with Gasteiger partial charge in [0.25, 0.3) is 0 Å². The summed E-state index contributed by atoms with van der Waals surface area (Å²) in [5.74, 6) is 0. The Morgan fingerprint density at radius 3 is 2.53 bits per heavy atom. The van der Waals surface area contributed by atoms with Crippen molar-refractivity contribution in [1.82, 2.24) is 14.2 Å². The topological polar surface area (TPSA) is 54.3 Å². The summed E-state index contributed by atoms with van der Waals surface area (Å²) in [7, 11) is -0.231. The zero-order chi connectivity index (χ0) is 14.2. The molecule has 0 radical (unpaired) electrons. The molecule has 1 aliphatic rings. The highest BCUT2D eigenvalue weighted by Gasteiger charge is 2.24. The molecule has 1 aromatic rings. The highest BCUT2D eigenvalue weighted by molar-refractivity contribution is 7.89. The fraction of sp³-hybridized carbons (Fsp3) is 0.692. The SMILES string of the molecule is CC(C)n1cc(S(=O)(=O)N(C)C)cc1CNC1CC1. The van der Waals surface area contributed by atoms with Gasteiger partial charge in [-0.05, 0) is 32.8 Å². The Morgan fingerprint density at radius 1 is 1.42 bits per heavy atom. The molecule has 0 unspecified atom stereocenters. The fourth-order valence-corrected chi connectivity index (χ4v) is 2.96. The standard InChI is InChI=1S/C13H23N3O2S/c1-10(2)16-9-13(19(17,18)15(3)4)7-12(16)8-14-11-5-6-11/h7,9-11,14H,5-6,8H2,1-4H3. The number of aromatic nitrogens is 1. The molecule has 2 rings (SSSR count). The van der Waals surface area contributed by atoms with E-state index in [4.69, 9.17) is 0 Å². The minimum atomic E-state index is -3.35. The zero-order valence-corrected chi connectivity index (χ0v) is 12.9. The molecule has 0 saturated heterocycles. The molecule has 0 spiro atoms. The summed E-state index contributed by atoms with van der Waals surface area (Å²) in [5.41, 5.74) is 1.03. The van der Waals surface area contributed by atoms with E-state index in [1.165, 1.54) is 17.1 Å². The highest BCUT2D eigenvalue weighted by atomic mass is 32.2. The van der Waals surface area contributed by atoms with E-state index in [0.717, 1.165) is 12.2 Å². The van der Waals surface area contributed by atoms with Crippen LogP contribution in [0, 0.1) is 0 Å². The summed E-state index contributed by atoms with van der Waals surface area (Å²) in [5, 5.41) is 3.43. The molecule has 0 aliphatic heterocycles. The van der Waals surface area contributed by atoms with Crippen LogP contribution in [0.15, 0.2) is 17.2 Å². The Hall–Kier alpha value is -0.850. The van der Waals surface area contributed by atoms with Gasteiger partial charge < -0.3 is 9.88 Å². The molecular weight excluding hydrogens is 262 g/mol. The summed E-state index contributed by atoms with van der Waals surface area (Å²) < 4.78 is 27.6. The van der Waals surface area contributed by atoms with Gasteiger partial charge in [0.2, 0.25) is 10.0 Å². The second-order valence-corrected chi connectivity index (χ2v) is 7.76. The molecule has 0 amide bonds. The van der Waals surface area contributed by atoms with Crippen LogP contribution in [0.5, 0.6) is 0 Å². The maximum absolute atomic E-state index is 12.2. The van der Waals surface area contributed by atoms with E-state index >= 15 is 0 Å². The van der Waals surface area contributed by atoms with Crippen LogP contribution in [-0.2, 0) is 16.6 Å². The highest BCUT2D eigenvalue weighted by Crippen LogP contribution is 2.23. The van der Waals surface area contributed by atoms with Crippen LogP contribution >= 0.6 is 0 Å². The van der Waals surface area contributed by atoms with Crippen LogP contribution in [0.1, 0.15) is 38.4 Å². The quantitative estimate of drug-likeness (QED) is 0.863. The van der Waals surface area contributed by atoms with Crippen molar-refractivity contribution in [3.63, 3.8) is 0 Å². The molecule has 19 heavy (non-hydrogen) atoms. The Morgan fingerprint density at radius 2 is 2.05 bits per heavy atom. The fourth-order valence-electron chi connectivity index (χ4n) is 2.01. The average molecular weight is 285 g/mol. The summed E-state index contributed by atoms with van der Waals surface area (Å²) in [6.07, 6.45) is 4.19. The van der Waals surface area contributed by atoms with Crippen LogP contribution in [0.25, 0.3) is 0 Å². The summed E-state index contributed by atoms with van der Waals surface area (Å²) in [6, 6.07) is 2.65. The molecule has 1 saturated carbocycles. The van der Waals surface area contributed by atoms with Gasteiger partial charge >= 0.3 is 0 Å². The van der Waals surface area contributed by atoms with Crippen molar-refractivity contribution in [2.24, 2.45) is 0 Å². The van der Waals surface area contributed by atoms with Crippen LogP contribution in [0.3, 0.4) is 0 Å². The van der Waals surface area contributed by atoms with Gasteiger partial charge in [0, 0.05) is 44.6 Å².